The molecule has 2 heterocycles. The van der Waals surface area contributed by atoms with Gasteiger partial charge in [-0.2, -0.15) is 5.10 Å². The van der Waals surface area contributed by atoms with Gasteiger partial charge >= 0.3 is 0 Å². The number of anilines is 3. The summed E-state index contributed by atoms with van der Waals surface area (Å²) in [6.45, 7) is 1.74. The number of amides is 4. The van der Waals surface area contributed by atoms with Crippen LogP contribution in [0.2, 0.25) is 0 Å². The van der Waals surface area contributed by atoms with Gasteiger partial charge in [0.05, 0.1) is 5.69 Å². The number of rotatable bonds is 6. The van der Waals surface area contributed by atoms with Crippen LogP contribution in [0, 0.1) is 0 Å². The second-order valence-electron chi connectivity index (χ2n) is 7.36. The third kappa shape index (κ3) is 4.41. The molecule has 0 bridgehead atoms. The van der Waals surface area contributed by atoms with Crippen molar-refractivity contribution in [2.75, 3.05) is 15.5 Å². The van der Waals surface area contributed by atoms with Crippen molar-refractivity contribution in [1.29, 1.82) is 0 Å². The van der Waals surface area contributed by atoms with E-state index in [1.54, 1.807) is 78.6 Å². The van der Waals surface area contributed by atoms with Crippen molar-refractivity contribution in [1.82, 2.24) is 9.78 Å². The first kappa shape index (κ1) is 21.0. The van der Waals surface area contributed by atoms with E-state index in [1.807, 2.05) is 0 Å². The van der Waals surface area contributed by atoms with Gasteiger partial charge in [0.2, 0.25) is 17.7 Å². The third-order valence-corrected chi connectivity index (χ3v) is 5.13. The maximum atomic E-state index is 12.6. The van der Waals surface area contributed by atoms with Crippen LogP contribution >= 0.6 is 0 Å². The van der Waals surface area contributed by atoms with Crippen molar-refractivity contribution in [2.24, 2.45) is 0 Å². The van der Waals surface area contributed by atoms with E-state index in [4.69, 9.17) is 0 Å². The Bertz CT molecular complexity index is 1160. The van der Waals surface area contributed by atoms with Crippen LogP contribution in [0.4, 0.5) is 17.1 Å². The minimum Gasteiger partial charge on any atom is -0.324 e. The molecule has 162 valence electrons. The normalized spacial score (nSPS) is 14.3. The molecule has 32 heavy (non-hydrogen) atoms. The standard InChI is InChI=1S/C23H21N5O4/c1-15(27-13-3-12-24-27)22(31)25-17-4-2-5-18(14-17)26-23(32)16-6-8-19(9-7-16)28-20(29)10-11-21(28)30/h2-9,12-15H,10-11H2,1H3,(H,25,31)(H,26,32). The van der Waals surface area contributed by atoms with Crippen molar-refractivity contribution in [3.8, 4) is 0 Å². The summed E-state index contributed by atoms with van der Waals surface area (Å²) in [6, 6.07) is 14.3. The number of nitrogens with one attached hydrogen (secondary N) is 2. The molecule has 4 rings (SSSR count). The highest BCUT2D eigenvalue weighted by Crippen LogP contribution is 2.23. The van der Waals surface area contributed by atoms with Crippen LogP contribution in [0.5, 0.6) is 0 Å². The highest BCUT2D eigenvalue weighted by atomic mass is 16.2. The first-order valence-corrected chi connectivity index (χ1v) is 10.1. The van der Waals surface area contributed by atoms with Gasteiger partial charge in [-0.1, -0.05) is 6.07 Å². The maximum absolute atomic E-state index is 12.6. The van der Waals surface area contributed by atoms with E-state index in [-0.39, 0.29) is 36.5 Å². The lowest BCUT2D eigenvalue weighted by Gasteiger charge is -2.15. The fraction of sp³-hybridized carbons (Fsp3) is 0.174. The largest absolute Gasteiger partial charge is 0.324 e. The second-order valence-corrected chi connectivity index (χ2v) is 7.36. The van der Waals surface area contributed by atoms with Gasteiger partial charge in [0.25, 0.3) is 5.91 Å². The van der Waals surface area contributed by atoms with E-state index >= 15 is 0 Å². The molecule has 1 atom stereocenters. The predicted octanol–water partition coefficient (Wildman–Crippen LogP) is 2.99. The molecule has 1 saturated heterocycles. The Balaban J connectivity index is 1.41. The van der Waals surface area contributed by atoms with E-state index in [2.05, 4.69) is 15.7 Å². The Morgan fingerprint density at radius 2 is 1.59 bits per heavy atom. The SMILES string of the molecule is CC(C(=O)Nc1cccc(NC(=O)c2ccc(N3C(=O)CCC3=O)cc2)c1)n1cccn1. The van der Waals surface area contributed by atoms with Gasteiger partial charge in [0.1, 0.15) is 6.04 Å². The topological polar surface area (TPSA) is 113 Å². The lowest BCUT2D eigenvalue weighted by Crippen LogP contribution is -2.28. The number of benzene rings is 2. The van der Waals surface area contributed by atoms with Crippen LogP contribution in [0.25, 0.3) is 0 Å². The fourth-order valence-electron chi connectivity index (χ4n) is 3.38. The Hall–Kier alpha value is -4.27. The third-order valence-electron chi connectivity index (χ3n) is 5.13. The van der Waals surface area contributed by atoms with Crippen molar-refractivity contribution in [3.63, 3.8) is 0 Å². The summed E-state index contributed by atoms with van der Waals surface area (Å²) in [5.41, 5.74) is 1.86. The summed E-state index contributed by atoms with van der Waals surface area (Å²) in [5, 5.41) is 9.66. The summed E-state index contributed by atoms with van der Waals surface area (Å²) < 4.78 is 1.55. The summed E-state index contributed by atoms with van der Waals surface area (Å²) in [6.07, 6.45) is 3.72. The molecule has 0 aliphatic carbocycles. The minimum atomic E-state index is -0.490. The first-order valence-electron chi connectivity index (χ1n) is 10.1. The van der Waals surface area contributed by atoms with Gasteiger partial charge in [-0.25, -0.2) is 0 Å². The highest BCUT2D eigenvalue weighted by molar-refractivity contribution is 6.20. The van der Waals surface area contributed by atoms with Gasteiger partial charge in [-0.05, 0) is 55.5 Å². The molecule has 1 aromatic heterocycles. The average molecular weight is 431 g/mol. The molecule has 1 aliphatic heterocycles. The molecule has 9 nitrogen and oxygen atoms in total. The number of hydrogen-bond donors (Lipinski definition) is 2. The van der Waals surface area contributed by atoms with Crippen LogP contribution in [-0.2, 0) is 14.4 Å². The zero-order chi connectivity index (χ0) is 22.7. The lowest BCUT2D eigenvalue weighted by atomic mass is 10.1. The predicted molar refractivity (Wildman–Crippen MR) is 118 cm³/mol. The zero-order valence-electron chi connectivity index (χ0n) is 17.3. The van der Waals surface area contributed by atoms with Crippen molar-refractivity contribution >= 4 is 40.7 Å². The molecule has 3 aromatic rings. The molecule has 2 N–H and O–H groups in total. The minimum absolute atomic E-state index is 0.203. The van der Waals surface area contributed by atoms with Crippen molar-refractivity contribution < 1.29 is 19.2 Å². The molecular weight excluding hydrogens is 410 g/mol. The summed E-state index contributed by atoms with van der Waals surface area (Å²) in [7, 11) is 0. The van der Waals surface area contributed by atoms with Gasteiger partial charge in [0, 0.05) is 42.2 Å². The number of carbonyl (C=O) groups is 4. The summed E-state index contributed by atoms with van der Waals surface area (Å²) >= 11 is 0. The smallest absolute Gasteiger partial charge is 0.255 e. The quantitative estimate of drug-likeness (QED) is 0.583. The molecule has 4 amide bonds. The van der Waals surface area contributed by atoms with Crippen LogP contribution in [0.3, 0.4) is 0 Å². The van der Waals surface area contributed by atoms with E-state index in [9.17, 15) is 19.2 Å². The van der Waals surface area contributed by atoms with Crippen LogP contribution in [-0.4, -0.2) is 33.4 Å². The summed E-state index contributed by atoms with van der Waals surface area (Å²) in [4.78, 5) is 49.9. The fourth-order valence-corrected chi connectivity index (χ4v) is 3.38. The van der Waals surface area contributed by atoms with Crippen molar-refractivity contribution in [3.05, 3.63) is 72.6 Å². The van der Waals surface area contributed by atoms with Crippen molar-refractivity contribution in [2.45, 2.75) is 25.8 Å². The first-order chi connectivity index (χ1) is 15.4. The molecule has 0 saturated carbocycles. The number of aromatic nitrogens is 2. The Morgan fingerprint density at radius 3 is 2.22 bits per heavy atom. The number of hydrogen-bond acceptors (Lipinski definition) is 5. The second kappa shape index (κ2) is 8.84. The molecule has 1 fully saturated rings. The Labute approximate surface area is 184 Å². The van der Waals surface area contributed by atoms with Crippen LogP contribution in [0.15, 0.2) is 67.0 Å². The monoisotopic (exact) mass is 431 g/mol. The van der Waals surface area contributed by atoms with Gasteiger partial charge < -0.3 is 10.6 Å². The average Bonchev–Trinajstić information content (AvgIpc) is 3.43. The lowest BCUT2D eigenvalue weighted by molar-refractivity contribution is -0.121. The van der Waals surface area contributed by atoms with E-state index < -0.39 is 6.04 Å². The van der Waals surface area contributed by atoms with E-state index in [0.29, 0.717) is 22.6 Å². The summed E-state index contributed by atoms with van der Waals surface area (Å²) in [5.74, 6) is -1.08. The molecule has 0 radical (unpaired) electrons. The Kier molecular flexibility index (Phi) is 5.80. The molecular formula is C23H21N5O4. The van der Waals surface area contributed by atoms with Gasteiger partial charge in [0.15, 0.2) is 0 Å². The van der Waals surface area contributed by atoms with Crippen LogP contribution < -0.4 is 15.5 Å². The molecule has 1 unspecified atom stereocenters. The molecule has 0 spiro atoms. The molecule has 1 aliphatic rings. The maximum Gasteiger partial charge on any atom is 0.255 e. The Morgan fingerprint density at radius 1 is 0.938 bits per heavy atom. The molecule has 9 heteroatoms. The highest BCUT2D eigenvalue weighted by Gasteiger charge is 2.30. The zero-order valence-corrected chi connectivity index (χ0v) is 17.3. The van der Waals surface area contributed by atoms with E-state index in [0.717, 1.165) is 4.90 Å². The van der Waals surface area contributed by atoms with Gasteiger partial charge in [-0.3, -0.25) is 28.8 Å². The number of nitrogens with zero attached hydrogens (tertiary/aromatic N) is 3. The molecule has 2 aromatic carbocycles. The van der Waals surface area contributed by atoms with E-state index in [1.165, 1.54) is 0 Å². The number of carbonyl (C=O) groups excluding carboxylic acids is 4. The van der Waals surface area contributed by atoms with Crippen LogP contribution in [0.1, 0.15) is 36.2 Å². The number of imide groups is 1. The van der Waals surface area contributed by atoms with Gasteiger partial charge in [-0.15, -0.1) is 0 Å².